The van der Waals surface area contributed by atoms with E-state index >= 15 is 0 Å². The van der Waals surface area contributed by atoms with Crippen molar-refractivity contribution in [1.29, 1.82) is 0 Å². The summed E-state index contributed by atoms with van der Waals surface area (Å²) in [4.78, 5) is 16.5. The van der Waals surface area contributed by atoms with Crippen LogP contribution in [0.2, 0.25) is 0 Å². The number of hydrogen-bond donors (Lipinski definition) is 1. The molecule has 0 aliphatic rings. The third-order valence-corrected chi connectivity index (χ3v) is 6.35. The average molecular weight is 442 g/mol. The van der Waals surface area contributed by atoms with E-state index in [-0.39, 0.29) is 5.91 Å². The van der Waals surface area contributed by atoms with Crippen molar-refractivity contribution in [2.45, 2.75) is 123 Å². The Morgan fingerprint density at radius 3 is 2.19 bits per heavy atom. The third-order valence-electron chi connectivity index (χ3n) is 6.35. The summed E-state index contributed by atoms with van der Waals surface area (Å²) in [6.07, 6.45) is 19.6. The first kappa shape index (κ1) is 26.4. The molecule has 1 aromatic carbocycles. The van der Waals surface area contributed by atoms with E-state index in [2.05, 4.69) is 41.1 Å². The summed E-state index contributed by atoms with van der Waals surface area (Å²) in [5.74, 6) is 1.42. The smallest absolute Gasteiger partial charge is 0.219 e. The molecule has 0 fully saturated rings. The molecule has 2 rings (SSSR count). The molecule has 4 nitrogen and oxygen atoms in total. The molecule has 180 valence electrons. The van der Waals surface area contributed by atoms with E-state index in [4.69, 9.17) is 4.98 Å². The normalized spacial score (nSPS) is 11.3. The van der Waals surface area contributed by atoms with Crippen LogP contribution in [0.4, 0.5) is 0 Å². The van der Waals surface area contributed by atoms with Gasteiger partial charge in [0.1, 0.15) is 5.82 Å². The molecule has 1 N–H and O–H groups in total. The van der Waals surface area contributed by atoms with Crippen molar-refractivity contribution >= 4 is 16.9 Å². The molecular formula is C28H47N3O. The van der Waals surface area contributed by atoms with E-state index in [9.17, 15) is 4.79 Å². The number of carbonyl (C=O) groups is 1. The van der Waals surface area contributed by atoms with Crippen LogP contribution in [0, 0.1) is 0 Å². The summed E-state index contributed by atoms with van der Waals surface area (Å²) < 4.78 is 2.46. The van der Waals surface area contributed by atoms with E-state index in [1.165, 1.54) is 75.5 Å². The van der Waals surface area contributed by atoms with Gasteiger partial charge in [-0.1, -0.05) is 90.2 Å². The number of carbonyl (C=O) groups excluding carboxylic acids is 1. The maximum Gasteiger partial charge on any atom is 0.219 e. The molecule has 1 heterocycles. The van der Waals surface area contributed by atoms with Crippen LogP contribution in [0.25, 0.3) is 11.0 Å². The summed E-state index contributed by atoms with van der Waals surface area (Å²) in [6, 6.07) is 8.56. The molecule has 0 bridgehead atoms. The number of nitrogens with one attached hydrogen (secondary N) is 1. The number of amides is 1. The topological polar surface area (TPSA) is 46.9 Å². The van der Waals surface area contributed by atoms with Crippen LogP contribution in [0.15, 0.2) is 24.3 Å². The highest BCUT2D eigenvalue weighted by Gasteiger charge is 2.10. The zero-order chi connectivity index (χ0) is 22.9. The minimum absolute atomic E-state index is 0.186. The highest BCUT2D eigenvalue weighted by Crippen LogP contribution is 2.19. The lowest BCUT2D eigenvalue weighted by molar-refractivity contribution is -0.121. The summed E-state index contributed by atoms with van der Waals surface area (Å²) in [5.41, 5.74) is 2.41. The maximum atomic E-state index is 11.6. The zero-order valence-corrected chi connectivity index (χ0v) is 20.8. The van der Waals surface area contributed by atoms with Crippen LogP contribution in [-0.4, -0.2) is 22.0 Å². The molecule has 0 aliphatic carbocycles. The van der Waals surface area contributed by atoms with Gasteiger partial charge < -0.3 is 9.88 Å². The van der Waals surface area contributed by atoms with Gasteiger partial charge in [0.2, 0.25) is 5.91 Å². The van der Waals surface area contributed by atoms with Gasteiger partial charge in [0.15, 0.2) is 0 Å². The predicted octanol–water partition coefficient (Wildman–Crippen LogP) is 7.59. The standard InChI is InChI=1S/C28H47N3O/c1-3-5-6-7-8-9-10-11-12-18-24-31-26-21-16-15-20-25(26)30-27(31)22-14-13-17-23-29-28(32)19-4-2/h15-16,20-21H,3-14,17-19,22-24H2,1-2H3,(H,29,32). The lowest BCUT2D eigenvalue weighted by atomic mass is 10.1. The van der Waals surface area contributed by atoms with Gasteiger partial charge in [-0.15, -0.1) is 0 Å². The Morgan fingerprint density at radius 1 is 0.812 bits per heavy atom. The third kappa shape index (κ3) is 10.2. The summed E-state index contributed by atoms with van der Waals surface area (Å²) >= 11 is 0. The summed E-state index contributed by atoms with van der Waals surface area (Å²) in [7, 11) is 0. The van der Waals surface area contributed by atoms with Gasteiger partial charge in [0.05, 0.1) is 11.0 Å². The number of para-hydroxylation sites is 2. The summed E-state index contributed by atoms with van der Waals surface area (Å²) in [5, 5.41) is 3.02. The monoisotopic (exact) mass is 441 g/mol. The lowest BCUT2D eigenvalue weighted by Gasteiger charge is -2.10. The van der Waals surface area contributed by atoms with Crippen molar-refractivity contribution in [1.82, 2.24) is 14.9 Å². The molecule has 32 heavy (non-hydrogen) atoms. The molecule has 0 saturated heterocycles. The molecule has 1 aromatic heterocycles. The van der Waals surface area contributed by atoms with Crippen molar-refractivity contribution in [3.8, 4) is 0 Å². The van der Waals surface area contributed by atoms with E-state index in [0.717, 1.165) is 50.7 Å². The average Bonchev–Trinajstić information content (AvgIpc) is 3.15. The fraction of sp³-hybridized carbons (Fsp3) is 0.714. The van der Waals surface area contributed by atoms with Crippen molar-refractivity contribution in [2.24, 2.45) is 0 Å². The van der Waals surface area contributed by atoms with Gasteiger partial charge in [-0.2, -0.15) is 0 Å². The van der Waals surface area contributed by atoms with E-state index in [0.29, 0.717) is 6.42 Å². The highest BCUT2D eigenvalue weighted by molar-refractivity contribution is 5.76. The number of aryl methyl sites for hydroxylation is 2. The van der Waals surface area contributed by atoms with Crippen LogP contribution >= 0.6 is 0 Å². The van der Waals surface area contributed by atoms with Gasteiger partial charge in [-0.05, 0) is 37.8 Å². The fourth-order valence-electron chi connectivity index (χ4n) is 4.45. The molecule has 2 aromatic rings. The molecule has 1 amide bonds. The lowest BCUT2D eigenvalue weighted by Crippen LogP contribution is -2.23. The molecule has 4 heteroatoms. The van der Waals surface area contributed by atoms with E-state index in [1.54, 1.807) is 0 Å². The molecule has 0 spiro atoms. The van der Waals surface area contributed by atoms with Crippen LogP contribution in [-0.2, 0) is 17.8 Å². The predicted molar refractivity (Wildman–Crippen MR) is 137 cm³/mol. The van der Waals surface area contributed by atoms with E-state index < -0.39 is 0 Å². The number of benzene rings is 1. The van der Waals surface area contributed by atoms with Gasteiger partial charge >= 0.3 is 0 Å². The Morgan fingerprint density at radius 2 is 1.47 bits per heavy atom. The fourth-order valence-corrected chi connectivity index (χ4v) is 4.45. The second-order valence-corrected chi connectivity index (χ2v) is 9.26. The molecule has 0 radical (unpaired) electrons. The molecule has 0 saturated carbocycles. The number of aromatic nitrogens is 2. The second kappa shape index (κ2) is 16.7. The number of hydrogen-bond acceptors (Lipinski definition) is 2. The largest absolute Gasteiger partial charge is 0.356 e. The number of unbranched alkanes of at least 4 members (excludes halogenated alkanes) is 11. The van der Waals surface area contributed by atoms with Gasteiger partial charge in [-0.3, -0.25) is 4.79 Å². The molecular weight excluding hydrogens is 394 g/mol. The van der Waals surface area contributed by atoms with Crippen molar-refractivity contribution in [3.05, 3.63) is 30.1 Å². The molecule has 0 unspecified atom stereocenters. The van der Waals surface area contributed by atoms with Crippen LogP contribution in [0.1, 0.15) is 116 Å². The first-order valence-corrected chi connectivity index (χ1v) is 13.5. The van der Waals surface area contributed by atoms with Gasteiger partial charge in [-0.25, -0.2) is 4.98 Å². The Balaban J connectivity index is 1.69. The van der Waals surface area contributed by atoms with Crippen molar-refractivity contribution in [3.63, 3.8) is 0 Å². The Bertz CT molecular complexity index is 752. The minimum Gasteiger partial charge on any atom is -0.356 e. The van der Waals surface area contributed by atoms with Crippen LogP contribution in [0.3, 0.4) is 0 Å². The van der Waals surface area contributed by atoms with Gasteiger partial charge in [0.25, 0.3) is 0 Å². The minimum atomic E-state index is 0.186. The number of fused-ring (bicyclic) bond motifs is 1. The molecule has 0 aliphatic heterocycles. The number of nitrogens with zero attached hydrogens (tertiary/aromatic N) is 2. The molecule has 0 atom stereocenters. The van der Waals surface area contributed by atoms with Crippen LogP contribution < -0.4 is 5.32 Å². The first-order valence-electron chi connectivity index (χ1n) is 13.5. The van der Waals surface area contributed by atoms with E-state index in [1.807, 2.05) is 6.92 Å². The maximum absolute atomic E-state index is 11.6. The number of imidazole rings is 1. The highest BCUT2D eigenvalue weighted by atomic mass is 16.1. The number of rotatable bonds is 19. The van der Waals surface area contributed by atoms with Crippen LogP contribution in [0.5, 0.6) is 0 Å². The Kier molecular flexibility index (Phi) is 13.8. The Hall–Kier alpha value is -1.84. The van der Waals surface area contributed by atoms with Gasteiger partial charge in [0, 0.05) is 25.9 Å². The SMILES string of the molecule is CCCCCCCCCCCCn1c(CCCCCNC(=O)CCC)nc2ccccc21. The Labute approximate surface area is 196 Å². The zero-order valence-electron chi connectivity index (χ0n) is 20.8. The summed E-state index contributed by atoms with van der Waals surface area (Å²) in [6.45, 7) is 6.21. The van der Waals surface area contributed by atoms with Crippen molar-refractivity contribution in [2.75, 3.05) is 6.54 Å². The quantitative estimate of drug-likeness (QED) is 0.228. The first-order chi connectivity index (χ1) is 15.8. The van der Waals surface area contributed by atoms with Crippen molar-refractivity contribution < 1.29 is 4.79 Å². The second-order valence-electron chi connectivity index (χ2n) is 9.26.